The Kier molecular flexibility index (Phi) is 5.32. The van der Waals surface area contributed by atoms with Gasteiger partial charge in [0.15, 0.2) is 0 Å². The van der Waals surface area contributed by atoms with Crippen LogP contribution < -0.4 is 10.6 Å². The fraction of sp³-hybridized carbons (Fsp3) is 0.182. The first kappa shape index (κ1) is 17.7. The van der Waals surface area contributed by atoms with Crippen LogP contribution in [0.1, 0.15) is 22.3 Å². The quantitative estimate of drug-likeness (QED) is 0.689. The van der Waals surface area contributed by atoms with Crippen molar-refractivity contribution < 1.29 is 4.79 Å². The molecule has 0 fully saturated rings. The Balaban J connectivity index is 1.62. The third kappa shape index (κ3) is 4.48. The van der Waals surface area contributed by atoms with E-state index in [1.165, 1.54) is 16.7 Å². The van der Waals surface area contributed by atoms with Crippen LogP contribution in [0.2, 0.25) is 0 Å². The second-order valence-corrected chi connectivity index (χ2v) is 6.53. The van der Waals surface area contributed by atoms with Crippen LogP contribution in [0.5, 0.6) is 0 Å². The van der Waals surface area contributed by atoms with Crippen molar-refractivity contribution in [2.45, 2.75) is 27.2 Å². The van der Waals surface area contributed by atoms with E-state index in [1.807, 2.05) is 49.4 Å². The number of benzene rings is 2. The summed E-state index contributed by atoms with van der Waals surface area (Å²) in [7, 11) is 0. The SMILES string of the molecule is Cc1ccc(CC(=O)Nc2ccc(Nc3c(C)cccc3C)nc2)cc1. The Bertz CT molecular complexity index is 879. The van der Waals surface area contributed by atoms with E-state index < -0.39 is 0 Å². The second kappa shape index (κ2) is 7.83. The molecule has 1 amide bonds. The fourth-order valence-corrected chi connectivity index (χ4v) is 2.78. The summed E-state index contributed by atoms with van der Waals surface area (Å²) in [6.07, 6.45) is 2.02. The van der Waals surface area contributed by atoms with Crippen LogP contribution in [0.3, 0.4) is 0 Å². The van der Waals surface area contributed by atoms with Crippen molar-refractivity contribution in [2.75, 3.05) is 10.6 Å². The van der Waals surface area contributed by atoms with Gasteiger partial charge < -0.3 is 10.6 Å². The monoisotopic (exact) mass is 345 g/mol. The molecule has 2 N–H and O–H groups in total. The maximum Gasteiger partial charge on any atom is 0.228 e. The van der Waals surface area contributed by atoms with Gasteiger partial charge in [0.05, 0.1) is 18.3 Å². The fourth-order valence-electron chi connectivity index (χ4n) is 2.78. The second-order valence-electron chi connectivity index (χ2n) is 6.53. The molecular formula is C22H23N3O. The molecule has 0 radical (unpaired) electrons. The van der Waals surface area contributed by atoms with E-state index in [4.69, 9.17) is 0 Å². The average molecular weight is 345 g/mol. The maximum absolute atomic E-state index is 12.2. The Hall–Kier alpha value is -3.14. The van der Waals surface area contributed by atoms with Crippen molar-refractivity contribution >= 4 is 23.1 Å². The van der Waals surface area contributed by atoms with Gasteiger partial charge in [-0.15, -0.1) is 0 Å². The van der Waals surface area contributed by atoms with Gasteiger partial charge in [0.2, 0.25) is 5.91 Å². The minimum atomic E-state index is -0.0499. The Morgan fingerprint density at radius 1 is 0.923 bits per heavy atom. The van der Waals surface area contributed by atoms with E-state index in [-0.39, 0.29) is 5.91 Å². The molecule has 0 aliphatic heterocycles. The van der Waals surface area contributed by atoms with Gasteiger partial charge in [0.1, 0.15) is 5.82 Å². The molecule has 4 nitrogen and oxygen atoms in total. The number of nitrogens with zero attached hydrogens (tertiary/aromatic N) is 1. The molecule has 0 saturated heterocycles. The lowest BCUT2D eigenvalue weighted by Crippen LogP contribution is -2.14. The van der Waals surface area contributed by atoms with E-state index in [0.717, 1.165) is 17.1 Å². The normalized spacial score (nSPS) is 10.4. The number of aromatic nitrogens is 1. The molecule has 3 rings (SSSR count). The Morgan fingerprint density at radius 3 is 2.23 bits per heavy atom. The summed E-state index contributed by atoms with van der Waals surface area (Å²) in [6, 6.07) is 17.9. The van der Waals surface area contributed by atoms with Gasteiger partial charge in [0.25, 0.3) is 0 Å². The first-order valence-electron chi connectivity index (χ1n) is 8.66. The number of nitrogens with one attached hydrogen (secondary N) is 2. The highest BCUT2D eigenvalue weighted by molar-refractivity contribution is 5.92. The first-order chi connectivity index (χ1) is 12.5. The molecule has 0 bridgehead atoms. The summed E-state index contributed by atoms with van der Waals surface area (Å²) in [6.45, 7) is 6.16. The highest BCUT2D eigenvalue weighted by Gasteiger charge is 2.06. The highest BCUT2D eigenvalue weighted by Crippen LogP contribution is 2.23. The van der Waals surface area contributed by atoms with Gasteiger partial charge in [-0.25, -0.2) is 4.98 Å². The van der Waals surface area contributed by atoms with Crippen molar-refractivity contribution in [3.8, 4) is 0 Å². The predicted octanol–water partition coefficient (Wildman–Crippen LogP) is 4.93. The predicted molar refractivity (Wildman–Crippen MR) is 107 cm³/mol. The first-order valence-corrected chi connectivity index (χ1v) is 8.66. The molecular weight excluding hydrogens is 322 g/mol. The highest BCUT2D eigenvalue weighted by atomic mass is 16.1. The summed E-state index contributed by atoms with van der Waals surface area (Å²) in [5, 5.41) is 6.23. The molecule has 0 spiro atoms. The molecule has 1 heterocycles. The van der Waals surface area contributed by atoms with Crippen LogP contribution in [0, 0.1) is 20.8 Å². The van der Waals surface area contributed by atoms with Gasteiger partial charge in [-0.05, 0) is 49.6 Å². The molecule has 1 aromatic heterocycles. The van der Waals surface area contributed by atoms with E-state index >= 15 is 0 Å². The van der Waals surface area contributed by atoms with Gasteiger partial charge in [0, 0.05) is 5.69 Å². The molecule has 4 heteroatoms. The zero-order valence-corrected chi connectivity index (χ0v) is 15.3. The van der Waals surface area contributed by atoms with Gasteiger partial charge in [-0.3, -0.25) is 4.79 Å². The third-order valence-electron chi connectivity index (χ3n) is 4.27. The van der Waals surface area contributed by atoms with Gasteiger partial charge in [-0.1, -0.05) is 48.0 Å². The van der Waals surface area contributed by atoms with E-state index in [1.54, 1.807) is 6.20 Å². The minimum absolute atomic E-state index is 0.0499. The molecule has 132 valence electrons. The number of anilines is 3. The van der Waals surface area contributed by atoms with E-state index in [9.17, 15) is 4.79 Å². The van der Waals surface area contributed by atoms with Crippen LogP contribution in [0.15, 0.2) is 60.8 Å². The molecule has 26 heavy (non-hydrogen) atoms. The number of hydrogen-bond acceptors (Lipinski definition) is 3. The van der Waals surface area contributed by atoms with Crippen molar-refractivity contribution in [1.29, 1.82) is 0 Å². The molecule has 0 aliphatic carbocycles. The van der Waals surface area contributed by atoms with Crippen molar-refractivity contribution in [3.05, 3.63) is 83.0 Å². The zero-order chi connectivity index (χ0) is 18.5. The summed E-state index contributed by atoms with van der Waals surface area (Å²) in [5.41, 5.74) is 6.27. The number of para-hydroxylation sites is 1. The number of hydrogen-bond donors (Lipinski definition) is 2. The number of pyridine rings is 1. The summed E-state index contributed by atoms with van der Waals surface area (Å²) in [4.78, 5) is 16.6. The lowest BCUT2D eigenvalue weighted by atomic mass is 10.1. The van der Waals surface area contributed by atoms with Gasteiger partial charge >= 0.3 is 0 Å². The lowest BCUT2D eigenvalue weighted by molar-refractivity contribution is -0.115. The van der Waals surface area contributed by atoms with Crippen LogP contribution in [0.25, 0.3) is 0 Å². The zero-order valence-electron chi connectivity index (χ0n) is 15.3. The number of aryl methyl sites for hydroxylation is 3. The van der Waals surface area contributed by atoms with Crippen molar-refractivity contribution in [3.63, 3.8) is 0 Å². The van der Waals surface area contributed by atoms with Gasteiger partial charge in [-0.2, -0.15) is 0 Å². The minimum Gasteiger partial charge on any atom is -0.340 e. The van der Waals surface area contributed by atoms with Crippen molar-refractivity contribution in [2.24, 2.45) is 0 Å². The van der Waals surface area contributed by atoms with Crippen molar-refractivity contribution in [1.82, 2.24) is 4.98 Å². The Labute approximate surface area is 154 Å². The molecule has 2 aromatic carbocycles. The average Bonchev–Trinajstić information content (AvgIpc) is 2.62. The maximum atomic E-state index is 12.2. The standard InChI is InChI=1S/C22H23N3O/c1-15-7-9-18(10-8-15)13-21(26)24-19-11-12-20(23-14-19)25-22-16(2)5-4-6-17(22)3/h4-12,14H,13H2,1-3H3,(H,23,25)(H,24,26). The number of carbonyl (C=O) groups is 1. The summed E-state index contributed by atoms with van der Waals surface area (Å²) < 4.78 is 0. The largest absolute Gasteiger partial charge is 0.340 e. The number of carbonyl (C=O) groups excluding carboxylic acids is 1. The molecule has 0 aliphatic rings. The van der Waals surface area contributed by atoms with E-state index in [2.05, 4.69) is 41.6 Å². The topological polar surface area (TPSA) is 54.0 Å². The van der Waals surface area contributed by atoms with Crippen LogP contribution in [0.4, 0.5) is 17.2 Å². The van der Waals surface area contributed by atoms with Crippen LogP contribution in [-0.4, -0.2) is 10.9 Å². The molecule has 0 unspecified atom stereocenters. The lowest BCUT2D eigenvalue weighted by Gasteiger charge is -2.12. The number of amides is 1. The van der Waals surface area contributed by atoms with E-state index in [0.29, 0.717) is 12.1 Å². The summed E-state index contributed by atoms with van der Waals surface area (Å²) in [5.74, 6) is 0.699. The van der Waals surface area contributed by atoms with Crippen LogP contribution in [-0.2, 0) is 11.2 Å². The van der Waals surface area contributed by atoms with Crippen LogP contribution >= 0.6 is 0 Å². The molecule has 3 aromatic rings. The third-order valence-corrected chi connectivity index (χ3v) is 4.27. The molecule has 0 saturated carbocycles. The smallest absolute Gasteiger partial charge is 0.228 e. The molecule has 0 atom stereocenters. The Morgan fingerprint density at radius 2 is 1.62 bits per heavy atom. The number of rotatable bonds is 5. The summed E-state index contributed by atoms with van der Waals surface area (Å²) >= 11 is 0.